The molecule has 0 rings (SSSR count). The highest BCUT2D eigenvalue weighted by Crippen LogP contribution is 2.18. The van der Waals surface area contributed by atoms with Gasteiger partial charge in [-0.2, -0.15) is 0 Å². The first-order valence-electron chi connectivity index (χ1n) is 17.0. The zero-order valence-electron chi connectivity index (χ0n) is 25.8. The molecule has 1 atom stereocenters. The molecule has 0 spiro atoms. The highest BCUT2D eigenvalue weighted by molar-refractivity contribution is 5.69. The first kappa shape index (κ1) is 36.9. The Kier molecular flexibility index (Phi) is 29.6. The average Bonchev–Trinajstić information content (AvgIpc) is 2.90. The Balaban J connectivity index is 3.76. The summed E-state index contributed by atoms with van der Waals surface area (Å²) in [5.74, 6) is -0.684. The first-order valence-corrected chi connectivity index (χ1v) is 17.0. The van der Waals surface area contributed by atoms with Gasteiger partial charge in [0.25, 0.3) is 0 Å². The highest BCUT2D eigenvalue weighted by atomic mass is 16.5. The summed E-state index contributed by atoms with van der Waals surface area (Å²) in [6, 6.07) is 0. The Morgan fingerprint density at radius 3 is 1.18 bits per heavy atom. The van der Waals surface area contributed by atoms with Gasteiger partial charge < -0.3 is 9.84 Å². The van der Waals surface area contributed by atoms with Crippen molar-refractivity contribution in [3.8, 4) is 0 Å². The minimum atomic E-state index is -0.693. The lowest BCUT2D eigenvalue weighted by Gasteiger charge is -2.18. The Labute approximate surface area is 237 Å². The molecule has 1 unspecified atom stereocenters. The van der Waals surface area contributed by atoms with Crippen molar-refractivity contribution in [1.29, 1.82) is 0 Å². The molecule has 0 fully saturated rings. The van der Waals surface area contributed by atoms with Crippen LogP contribution in [-0.4, -0.2) is 23.1 Å². The summed E-state index contributed by atoms with van der Waals surface area (Å²) in [7, 11) is 0. The third kappa shape index (κ3) is 29.5. The standard InChI is InChI=1S/C34H66O4/c1-3-5-7-9-10-11-12-13-14-15-16-17-18-23-27-31-34(37)38-32(28-24-8-6-4-2)29-25-21-19-20-22-26-30-33(35)36/h32H,3-31H2,1-2H3,(H,35,36). The maximum absolute atomic E-state index is 12.5. The van der Waals surface area contributed by atoms with Crippen LogP contribution in [0.4, 0.5) is 0 Å². The van der Waals surface area contributed by atoms with Crippen LogP contribution in [0.2, 0.25) is 0 Å². The molecule has 0 aromatic carbocycles. The van der Waals surface area contributed by atoms with E-state index >= 15 is 0 Å². The molecule has 0 aliphatic rings. The van der Waals surface area contributed by atoms with Gasteiger partial charge in [-0.1, -0.05) is 149 Å². The van der Waals surface area contributed by atoms with Crippen LogP contribution in [-0.2, 0) is 14.3 Å². The van der Waals surface area contributed by atoms with Crippen LogP contribution >= 0.6 is 0 Å². The minimum absolute atomic E-state index is 0.00820. The molecule has 0 aromatic heterocycles. The van der Waals surface area contributed by atoms with Crippen molar-refractivity contribution in [3.05, 3.63) is 0 Å². The number of ether oxygens (including phenoxy) is 1. The molecule has 0 heterocycles. The SMILES string of the molecule is CCCCCCCCCCCCCCCCCC(=O)OC(CCCCCC)CCCCCCCCC(=O)O. The van der Waals surface area contributed by atoms with E-state index in [1.54, 1.807) is 0 Å². The van der Waals surface area contributed by atoms with Gasteiger partial charge in [-0.05, 0) is 38.5 Å². The van der Waals surface area contributed by atoms with Crippen LogP contribution in [0, 0.1) is 0 Å². The number of carbonyl (C=O) groups excluding carboxylic acids is 1. The summed E-state index contributed by atoms with van der Waals surface area (Å²) in [4.78, 5) is 23.1. The molecule has 4 heteroatoms. The summed E-state index contributed by atoms with van der Waals surface area (Å²) in [6.45, 7) is 4.51. The third-order valence-corrected chi connectivity index (χ3v) is 7.83. The van der Waals surface area contributed by atoms with Crippen LogP contribution in [0.25, 0.3) is 0 Å². The number of carbonyl (C=O) groups is 2. The zero-order chi connectivity index (χ0) is 27.9. The lowest BCUT2D eigenvalue weighted by atomic mass is 10.0. The highest BCUT2D eigenvalue weighted by Gasteiger charge is 2.14. The van der Waals surface area contributed by atoms with Gasteiger partial charge in [0.05, 0.1) is 0 Å². The van der Waals surface area contributed by atoms with E-state index in [9.17, 15) is 9.59 Å². The fourth-order valence-electron chi connectivity index (χ4n) is 5.30. The second-order valence-corrected chi connectivity index (χ2v) is 11.7. The maximum Gasteiger partial charge on any atom is 0.306 e. The fraction of sp³-hybridized carbons (Fsp3) is 0.941. The van der Waals surface area contributed by atoms with Crippen LogP contribution in [0.1, 0.15) is 200 Å². The van der Waals surface area contributed by atoms with Crippen molar-refractivity contribution in [1.82, 2.24) is 0 Å². The lowest BCUT2D eigenvalue weighted by Crippen LogP contribution is -2.18. The molecule has 38 heavy (non-hydrogen) atoms. The summed E-state index contributed by atoms with van der Waals surface area (Å²) >= 11 is 0. The van der Waals surface area contributed by atoms with E-state index in [0.29, 0.717) is 6.42 Å². The second-order valence-electron chi connectivity index (χ2n) is 11.7. The first-order chi connectivity index (χ1) is 18.6. The molecular formula is C34H66O4. The van der Waals surface area contributed by atoms with Crippen molar-refractivity contribution < 1.29 is 19.4 Å². The largest absolute Gasteiger partial charge is 0.481 e. The van der Waals surface area contributed by atoms with E-state index in [2.05, 4.69) is 13.8 Å². The van der Waals surface area contributed by atoms with Crippen LogP contribution in [0.5, 0.6) is 0 Å². The maximum atomic E-state index is 12.5. The van der Waals surface area contributed by atoms with Gasteiger partial charge in [-0.25, -0.2) is 0 Å². The van der Waals surface area contributed by atoms with Crippen molar-refractivity contribution >= 4 is 11.9 Å². The molecule has 1 N–H and O–H groups in total. The van der Waals surface area contributed by atoms with Crippen molar-refractivity contribution in [2.45, 2.75) is 206 Å². The average molecular weight is 539 g/mol. The van der Waals surface area contributed by atoms with Crippen molar-refractivity contribution in [2.75, 3.05) is 0 Å². The molecule has 0 aliphatic carbocycles. The predicted molar refractivity (Wildman–Crippen MR) is 163 cm³/mol. The molecule has 4 nitrogen and oxygen atoms in total. The Morgan fingerprint density at radius 2 is 0.789 bits per heavy atom. The van der Waals surface area contributed by atoms with E-state index in [4.69, 9.17) is 9.84 Å². The number of hydrogen-bond donors (Lipinski definition) is 1. The molecule has 0 saturated heterocycles. The predicted octanol–water partition coefficient (Wildman–Crippen LogP) is 11.3. The van der Waals surface area contributed by atoms with E-state index in [1.165, 1.54) is 103 Å². The molecule has 0 aromatic rings. The second kappa shape index (κ2) is 30.5. The van der Waals surface area contributed by atoms with Gasteiger partial charge in [0.2, 0.25) is 0 Å². The number of unbranched alkanes of at least 4 members (excludes halogenated alkanes) is 22. The van der Waals surface area contributed by atoms with E-state index in [-0.39, 0.29) is 18.5 Å². The molecule has 0 saturated carbocycles. The summed E-state index contributed by atoms with van der Waals surface area (Å²) < 4.78 is 5.92. The molecular weight excluding hydrogens is 472 g/mol. The topological polar surface area (TPSA) is 63.6 Å². The minimum Gasteiger partial charge on any atom is -0.481 e. The number of esters is 1. The summed E-state index contributed by atoms with van der Waals surface area (Å²) in [5.41, 5.74) is 0. The summed E-state index contributed by atoms with van der Waals surface area (Å²) in [5, 5.41) is 8.71. The fourth-order valence-corrected chi connectivity index (χ4v) is 5.30. The Morgan fingerprint density at radius 1 is 0.474 bits per heavy atom. The van der Waals surface area contributed by atoms with Crippen LogP contribution in [0.15, 0.2) is 0 Å². The Hall–Kier alpha value is -1.06. The van der Waals surface area contributed by atoms with Gasteiger partial charge in [0, 0.05) is 12.8 Å². The van der Waals surface area contributed by atoms with E-state index in [1.807, 2.05) is 0 Å². The smallest absolute Gasteiger partial charge is 0.306 e. The molecule has 0 aliphatic heterocycles. The van der Waals surface area contributed by atoms with Crippen LogP contribution < -0.4 is 0 Å². The van der Waals surface area contributed by atoms with Gasteiger partial charge in [-0.3, -0.25) is 9.59 Å². The van der Waals surface area contributed by atoms with Crippen LogP contribution in [0.3, 0.4) is 0 Å². The van der Waals surface area contributed by atoms with Gasteiger partial charge in [-0.15, -0.1) is 0 Å². The van der Waals surface area contributed by atoms with Gasteiger partial charge in [0.1, 0.15) is 6.10 Å². The van der Waals surface area contributed by atoms with Gasteiger partial charge >= 0.3 is 11.9 Å². The molecule has 226 valence electrons. The molecule has 0 amide bonds. The molecule has 0 radical (unpaired) electrons. The van der Waals surface area contributed by atoms with Gasteiger partial charge in [0.15, 0.2) is 0 Å². The van der Waals surface area contributed by atoms with E-state index in [0.717, 1.165) is 70.6 Å². The summed E-state index contributed by atoms with van der Waals surface area (Å²) in [6.07, 6.45) is 34.2. The lowest BCUT2D eigenvalue weighted by molar-refractivity contribution is -0.150. The normalized spacial score (nSPS) is 12.1. The number of aliphatic carboxylic acids is 1. The number of carboxylic acid groups (broad SMARTS) is 1. The third-order valence-electron chi connectivity index (χ3n) is 7.83. The van der Waals surface area contributed by atoms with E-state index < -0.39 is 5.97 Å². The van der Waals surface area contributed by atoms with Crippen molar-refractivity contribution in [3.63, 3.8) is 0 Å². The number of carboxylic acids is 1. The monoisotopic (exact) mass is 538 g/mol. The van der Waals surface area contributed by atoms with Crippen molar-refractivity contribution in [2.24, 2.45) is 0 Å². The zero-order valence-corrected chi connectivity index (χ0v) is 25.8. The number of hydrogen-bond acceptors (Lipinski definition) is 3. The quantitative estimate of drug-likeness (QED) is 0.0704. The Bertz CT molecular complexity index is 505. The number of rotatable bonds is 31. The molecule has 0 bridgehead atoms.